The fraction of sp³-hybridized carbons (Fsp3) is 0.417. The van der Waals surface area contributed by atoms with Crippen LogP contribution in [0.4, 0.5) is 0 Å². The van der Waals surface area contributed by atoms with Gasteiger partial charge in [-0.15, -0.1) is 0 Å². The smallest absolute Gasteiger partial charge is 0.0669 e. The average Bonchev–Trinajstić information content (AvgIpc) is 2.72. The predicted molar refractivity (Wildman–Crippen MR) is 56.0 cm³/mol. The van der Waals surface area contributed by atoms with Crippen molar-refractivity contribution in [1.29, 1.82) is 5.26 Å². The average molecular weight is 186 g/mol. The van der Waals surface area contributed by atoms with E-state index in [0.29, 0.717) is 12.3 Å². The molecule has 14 heavy (non-hydrogen) atoms. The molecule has 0 bridgehead atoms. The van der Waals surface area contributed by atoms with E-state index < -0.39 is 0 Å². The van der Waals surface area contributed by atoms with Gasteiger partial charge in [-0.25, -0.2) is 0 Å². The molecule has 0 radical (unpaired) electrons. The molecule has 0 saturated carbocycles. The minimum absolute atomic E-state index is 0.517. The van der Waals surface area contributed by atoms with Crippen LogP contribution in [-0.2, 0) is 6.42 Å². The predicted octanol–water partition coefficient (Wildman–Crippen LogP) is 1.83. The van der Waals surface area contributed by atoms with Gasteiger partial charge in [-0.2, -0.15) is 5.26 Å². The Morgan fingerprint density at radius 1 is 1.36 bits per heavy atom. The summed E-state index contributed by atoms with van der Waals surface area (Å²) < 4.78 is 0. The summed E-state index contributed by atoms with van der Waals surface area (Å²) in [6, 6.07) is 10.6. The zero-order chi connectivity index (χ0) is 9.80. The third kappa shape index (κ3) is 1.94. The van der Waals surface area contributed by atoms with E-state index >= 15 is 0 Å². The number of benzene rings is 1. The van der Waals surface area contributed by atoms with Gasteiger partial charge in [-0.3, -0.25) is 0 Å². The number of rotatable bonds is 2. The topological polar surface area (TPSA) is 35.8 Å². The van der Waals surface area contributed by atoms with Crippen LogP contribution in [0.1, 0.15) is 23.5 Å². The Balaban J connectivity index is 2.09. The SMILES string of the molecule is N#CCc1ccc(C2CCNC2)cc1. The third-order valence-corrected chi connectivity index (χ3v) is 2.79. The van der Waals surface area contributed by atoms with Crippen LogP contribution in [0.15, 0.2) is 24.3 Å². The minimum atomic E-state index is 0.517. The van der Waals surface area contributed by atoms with E-state index in [0.717, 1.165) is 18.7 Å². The van der Waals surface area contributed by atoms with Crippen molar-refractivity contribution in [3.05, 3.63) is 35.4 Å². The Morgan fingerprint density at radius 3 is 2.71 bits per heavy atom. The van der Waals surface area contributed by atoms with Crippen LogP contribution in [0, 0.1) is 11.3 Å². The number of nitriles is 1. The van der Waals surface area contributed by atoms with Crippen molar-refractivity contribution < 1.29 is 0 Å². The second-order valence-electron chi connectivity index (χ2n) is 3.77. The van der Waals surface area contributed by atoms with Gasteiger partial charge in [0, 0.05) is 6.54 Å². The molecule has 2 rings (SSSR count). The first-order valence-electron chi connectivity index (χ1n) is 5.06. The van der Waals surface area contributed by atoms with Crippen molar-refractivity contribution in [1.82, 2.24) is 5.32 Å². The second-order valence-corrected chi connectivity index (χ2v) is 3.77. The lowest BCUT2D eigenvalue weighted by atomic mass is 9.97. The van der Waals surface area contributed by atoms with Crippen molar-refractivity contribution in [2.45, 2.75) is 18.8 Å². The highest BCUT2D eigenvalue weighted by Gasteiger charge is 2.15. The monoisotopic (exact) mass is 186 g/mol. The highest BCUT2D eigenvalue weighted by molar-refractivity contribution is 5.27. The molecular formula is C12H14N2. The number of nitrogens with zero attached hydrogens (tertiary/aromatic N) is 1. The maximum absolute atomic E-state index is 8.54. The van der Waals surface area contributed by atoms with E-state index in [-0.39, 0.29) is 0 Å². The molecule has 0 aliphatic carbocycles. The summed E-state index contributed by atoms with van der Waals surface area (Å²) in [4.78, 5) is 0. The Hall–Kier alpha value is -1.33. The lowest BCUT2D eigenvalue weighted by Crippen LogP contribution is -2.07. The van der Waals surface area contributed by atoms with E-state index in [9.17, 15) is 0 Å². The Labute approximate surface area is 84.6 Å². The van der Waals surface area contributed by atoms with Crippen molar-refractivity contribution in [3.8, 4) is 6.07 Å². The van der Waals surface area contributed by atoms with E-state index in [1.54, 1.807) is 0 Å². The molecule has 1 aromatic carbocycles. The first-order chi connectivity index (χ1) is 6.90. The van der Waals surface area contributed by atoms with Crippen LogP contribution in [0.3, 0.4) is 0 Å². The number of hydrogen-bond donors (Lipinski definition) is 1. The largest absolute Gasteiger partial charge is 0.316 e. The molecule has 1 heterocycles. The maximum Gasteiger partial charge on any atom is 0.0669 e. The molecule has 1 aromatic rings. The Bertz CT molecular complexity index is 328. The molecule has 1 unspecified atom stereocenters. The molecule has 1 aliphatic heterocycles. The molecule has 2 heteroatoms. The van der Waals surface area contributed by atoms with Gasteiger partial charge >= 0.3 is 0 Å². The molecule has 1 atom stereocenters. The molecular weight excluding hydrogens is 172 g/mol. The van der Waals surface area contributed by atoms with Gasteiger partial charge in [0.2, 0.25) is 0 Å². The highest BCUT2D eigenvalue weighted by Crippen LogP contribution is 2.22. The number of nitrogens with one attached hydrogen (secondary N) is 1. The van der Waals surface area contributed by atoms with Crippen LogP contribution in [0.2, 0.25) is 0 Å². The van der Waals surface area contributed by atoms with Crippen LogP contribution < -0.4 is 5.32 Å². The van der Waals surface area contributed by atoms with E-state index in [2.05, 4.69) is 35.7 Å². The molecule has 1 saturated heterocycles. The normalized spacial score (nSPS) is 20.6. The lowest BCUT2D eigenvalue weighted by molar-refractivity contribution is 0.763. The lowest BCUT2D eigenvalue weighted by Gasteiger charge is -2.08. The molecule has 0 spiro atoms. The highest BCUT2D eigenvalue weighted by atomic mass is 14.9. The summed E-state index contributed by atoms with van der Waals surface area (Å²) in [6.45, 7) is 2.22. The van der Waals surface area contributed by atoms with Gasteiger partial charge in [-0.05, 0) is 30.0 Å². The van der Waals surface area contributed by atoms with Gasteiger partial charge < -0.3 is 5.32 Å². The summed E-state index contributed by atoms with van der Waals surface area (Å²) in [5.74, 6) is 0.672. The van der Waals surface area contributed by atoms with Gasteiger partial charge in [0.1, 0.15) is 0 Å². The van der Waals surface area contributed by atoms with Crippen LogP contribution in [0.5, 0.6) is 0 Å². The quantitative estimate of drug-likeness (QED) is 0.764. The molecule has 1 aliphatic rings. The fourth-order valence-corrected chi connectivity index (χ4v) is 1.94. The summed E-state index contributed by atoms with van der Waals surface area (Å²) in [7, 11) is 0. The van der Waals surface area contributed by atoms with Crippen LogP contribution in [-0.4, -0.2) is 13.1 Å². The van der Waals surface area contributed by atoms with E-state index in [4.69, 9.17) is 5.26 Å². The van der Waals surface area contributed by atoms with Gasteiger partial charge in [-0.1, -0.05) is 24.3 Å². The maximum atomic E-state index is 8.54. The summed E-state index contributed by atoms with van der Waals surface area (Å²) in [5.41, 5.74) is 2.51. The van der Waals surface area contributed by atoms with Crippen LogP contribution in [0.25, 0.3) is 0 Å². The summed E-state index contributed by atoms with van der Waals surface area (Å²) in [5, 5.41) is 11.9. The van der Waals surface area contributed by atoms with Crippen molar-refractivity contribution >= 4 is 0 Å². The van der Waals surface area contributed by atoms with Crippen molar-refractivity contribution in [2.75, 3.05) is 13.1 Å². The fourth-order valence-electron chi connectivity index (χ4n) is 1.94. The summed E-state index contributed by atoms with van der Waals surface area (Å²) in [6.07, 6.45) is 1.75. The zero-order valence-electron chi connectivity index (χ0n) is 8.16. The molecule has 0 amide bonds. The molecule has 0 aromatic heterocycles. The number of hydrogen-bond acceptors (Lipinski definition) is 2. The van der Waals surface area contributed by atoms with Crippen molar-refractivity contribution in [2.24, 2.45) is 0 Å². The standard InChI is InChI=1S/C12H14N2/c13-7-5-10-1-3-11(4-2-10)12-6-8-14-9-12/h1-4,12,14H,5-6,8-9H2. The molecule has 2 nitrogen and oxygen atoms in total. The first-order valence-corrected chi connectivity index (χ1v) is 5.06. The first kappa shape index (κ1) is 9.23. The molecule has 1 fully saturated rings. The van der Waals surface area contributed by atoms with Crippen LogP contribution >= 0.6 is 0 Å². The Kier molecular flexibility index (Phi) is 2.81. The van der Waals surface area contributed by atoms with E-state index in [1.165, 1.54) is 12.0 Å². The van der Waals surface area contributed by atoms with Gasteiger partial charge in [0.05, 0.1) is 12.5 Å². The minimum Gasteiger partial charge on any atom is -0.316 e. The zero-order valence-corrected chi connectivity index (χ0v) is 8.16. The van der Waals surface area contributed by atoms with E-state index in [1.807, 2.05) is 0 Å². The molecule has 72 valence electrons. The third-order valence-electron chi connectivity index (χ3n) is 2.79. The second kappa shape index (κ2) is 4.26. The molecule has 1 N–H and O–H groups in total. The Morgan fingerprint density at radius 2 is 2.14 bits per heavy atom. The van der Waals surface area contributed by atoms with Gasteiger partial charge in [0.15, 0.2) is 0 Å². The van der Waals surface area contributed by atoms with Gasteiger partial charge in [0.25, 0.3) is 0 Å². The van der Waals surface area contributed by atoms with Crippen molar-refractivity contribution in [3.63, 3.8) is 0 Å². The summed E-state index contributed by atoms with van der Waals surface area (Å²) >= 11 is 0.